The van der Waals surface area contributed by atoms with Gasteiger partial charge >= 0.3 is 0 Å². The van der Waals surface area contributed by atoms with Gasteiger partial charge in [0.15, 0.2) is 11.3 Å². The molecule has 2 bridgehead atoms. The van der Waals surface area contributed by atoms with Crippen molar-refractivity contribution in [2.75, 3.05) is 27.7 Å². The quantitative estimate of drug-likeness (QED) is 0.276. The highest BCUT2D eigenvalue weighted by atomic mass is 32.2. The van der Waals surface area contributed by atoms with Gasteiger partial charge in [-0.25, -0.2) is 0 Å². The van der Waals surface area contributed by atoms with Crippen LogP contribution in [-0.4, -0.2) is 88.3 Å². The van der Waals surface area contributed by atoms with Crippen LogP contribution in [0.2, 0.25) is 0 Å². The highest BCUT2D eigenvalue weighted by Crippen LogP contribution is 2.47. The maximum absolute atomic E-state index is 15.0. The number of hydrogen-bond acceptors (Lipinski definition) is 8. The first kappa shape index (κ1) is 30.6. The zero-order valence-electron chi connectivity index (χ0n) is 25.4. The molecule has 0 saturated carbocycles. The Bertz CT molecular complexity index is 1720. The molecule has 2 aromatic heterocycles. The van der Waals surface area contributed by atoms with Crippen LogP contribution < -0.4 is 0 Å². The van der Waals surface area contributed by atoms with Gasteiger partial charge in [0.05, 0.1) is 11.6 Å². The maximum atomic E-state index is 15.0. The minimum absolute atomic E-state index is 0.0209. The fourth-order valence-corrected chi connectivity index (χ4v) is 8.78. The molecule has 0 spiro atoms. The summed E-state index contributed by atoms with van der Waals surface area (Å²) in [6.07, 6.45) is 10.9. The second-order valence-electron chi connectivity index (χ2n) is 12.1. The number of carbonyl (C=O) groups is 2. The van der Waals surface area contributed by atoms with Crippen LogP contribution in [0.1, 0.15) is 52.7 Å². The van der Waals surface area contributed by atoms with Crippen LogP contribution in [0.4, 0.5) is 0 Å². The van der Waals surface area contributed by atoms with Gasteiger partial charge < -0.3 is 4.90 Å². The van der Waals surface area contributed by atoms with E-state index >= 15 is 0 Å². The SMILES string of the molecule is CN1C(=CC(=O)c2ccc(C#N)cc2)N(CC2CC3CCC(C2)N3S(=O)(=O)N(C)C)C(=O)C1(c1ccncc1)c1ccncc1. The molecule has 11 nitrogen and oxygen atoms in total. The first-order chi connectivity index (χ1) is 21.6. The standard InChI is InChI=1S/C33H35N7O4S/c1-37(2)45(43,44)40-28-8-9-29(40)19-24(18-28)22-39-31(20-30(41)25-6-4-23(21-34)5-7-25)38(3)33(32(39)42,26-10-14-35-15-11-26)27-12-16-36-17-13-27/h4-7,10-17,20,24,28-29H,8-9,18-19,22H2,1-3H3. The van der Waals surface area contributed by atoms with Gasteiger partial charge in [-0.2, -0.15) is 22.3 Å². The summed E-state index contributed by atoms with van der Waals surface area (Å²) in [5.74, 6) is -0.0467. The number of piperidine rings is 1. The van der Waals surface area contributed by atoms with E-state index in [0.717, 1.165) is 12.8 Å². The molecule has 3 aliphatic rings. The zero-order valence-corrected chi connectivity index (χ0v) is 26.3. The largest absolute Gasteiger partial charge is 0.339 e. The van der Waals surface area contributed by atoms with E-state index in [9.17, 15) is 23.3 Å². The fourth-order valence-electron chi connectivity index (χ4n) is 7.26. The van der Waals surface area contributed by atoms with Crippen LogP contribution in [0.25, 0.3) is 0 Å². The number of fused-ring (bicyclic) bond motifs is 2. The van der Waals surface area contributed by atoms with Gasteiger partial charge in [0.2, 0.25) is 0 Å². The Balaban J connectivity index is 1.42. The number of aromatic nitrogens is 2. The van der Waals surface area contributed by atoms with Crippen molar-refractivity contribution < 1.29 is 18.0 Å². The monoisotopic (exact) mass is 625 g/mol. The molecule has 3 fully saturated rings. The summed E-state index contributed by atoms with van der Waals surface area (Å²) < 4.78 is 29.2. The molecule has 12 heteroatoms. The van der Waals surface area contributed by atoms with E-state index in [1.165, 1.54) is 10.4 Å². The average Bonchev–Trinajstić information content (AvgIpc) is 3.45. The lowest BCUT2D eigenvalue weighted by atomic mass is 9.82. The van der Waals surface area contributed by atoms with Crippen molar-refractivity contribution in [3.8, 4) is 6.07 Å². The Morgan fingerprint density at radius 2 is 1.51 bits per heavy atom. The maximum Gasteiger partial charge on any atom is 0.281 e. The van der Waals surface area contributed by atoms with E-state index < -0.39 is 15.7 Å². The number of likely N-dealkylation sites (N-methyl/N-ethyl adjacent to an activating group) is 1. The number of hydrogen-bond donors (Lipinski definition) is 0. The first-order valence-electron chi connectivity index (χ1n) is 14.9. The summed E-state index contributed by atoms with van der Waals surface area (Å²) >= 11 is 0. The van der Waals surface area contributed by atoms with Crippen LogP contribution in [-0.2, 0) is 20.5 Å². The lowest BCUT2D eigenvalue weighted by Gasteiger charge is -2.40. The highest BCUT2D eigenvalue weighted by Gasteiger charge is 2.57. The van der Waals surface area contributed by atoms with E-state index in [1.807, 2.05) is 36.2 Å². The molecule has 0 N–H and O–H groups in total. The Kier molecular flexibility index (Phi) is 8.03. The van der Waals surface area contributed by atoms with Crippen LogP contribution in [0.15, 0.2) is 85.2 Å². The average molecular weight is 626 g/mol. The Hall–Kier alpha value is -4.44. The zero-order chi connectivity index (χ0) is 31.9. The van der Waals surface area contributed by atoms with Gasteiger partial charge in [-0.3, -0.25) is 24.5 Å². The van der Waals surface area contributed by atoms with Crippen LogP contribution in [0.3, 0.4) is 0 Å². The number of pyridine rings is 2. The van der Waals surface area contributed by atoms with Crippen molar-refractivity contribution >= 4 is 21.9 Å². The first-order valence-corrected chi connectivity index (χ1v) is 16.3. The number of ketones is 1. The van der Waals surface area contributed by atoms with Crippen molar-refractivity contribution in [2.45, 2.75) is 43.3 Å². The highest BCUT2D eigenvalue weighted by molar-refractivity contribution is 7.86. The third-order valence-corrected chi connectivity index (χ3v) is 11.4. The third-order valence-electron chi connectivity index (χ3n) is 9.37. The van der Waals surface area contributed by atoms with Gasteiger partial charge in [-0.1, -0.05) is 0 Å². The van der Waals surface area contributed by atoms with E-state index in [-0.39, 0.29) is 29.7 Å². The van der Waals surface area contributed by atoms with Crippen molar-refractivity contribution in [3.63, 3.8) is 0 Å². The normalized spacial score (nSPS) is 23.9. The van der Waals surface area contributed by atoms with Gasteiger partial charge in [0.1, 0.15) is 5.82 Å². The topological polar surface area (TPSA) is 131 Å². The predicted octanol–water partition coefficient (Wildman–Crippen LogP) is 3.14. The molecule has 3 aliphatic heterocycles. The molecule has 2 atom stereocenters. The fraction of sp³-hybridized carbons (Fsp3) is 0.364. The lowest BCUT2D eigenvalue weighted by Crippen LogP contribution is -2.52. The Labute approximate surface area is 263 Å². The summed E-state index contributed by atoms with van der Waals surface area (Å²) in [7, 11) is 1.35. The molecule has 232 valence electrons. The van der Waals surface area contributed by atoms with E-state index in [0.29, 0.717) is 47.5 Å². The van der Waals surface area contributed by atoms with E-state index in [2.05, 4.69) is 16.0 Å². The van der Waals surface area contributed by atoms with Gasteiger partial charge in [0, 0.05) is 76.2 Å². The molecule has 2 unspecified atom stereocenters. The summed E-state index contributed by atoms with van der Waals surface area (Å²) in [5.41, 5.74) is 0.939. The predicted molar refractivity (Wildman–Crippen MR) is 166 cm³/mol. The number of benzene rings is 1. The van der Waals surface area contributed by atoms with Crippen LogP contribution in [0, 0.1) is 17.2 Å². The number of nitrogens with zero attached hydrogens (tertiary/aromatic N) is 7. The summed E-state index contributed by atoms with van der Waals surface area (Å²) in [6, 6.07) is 15.4. The third kappa shape index (κ3) is 5.10. The molecule has 0 radical (unpaired) electrons. The molecule has 3 aromatic rings. The molecular weight excluding hydrogens is 590 g/mol. The molecular formula is C33H35N7O4S. The smallest absolute Gasteiger partial charge is 0.281 e. The molecule has 6 rings (SSSR count). The minimum Gasteiger partial charge on any atom is -0.339 e. The summed E-state index contributed by atoms with van der Waals surface area (Å²) in [4.78, 5) is 40.6. The second kappa shape index (κ2) is 11.8. The molecule has 1 aromatic carbocycles. The molecule has 0 aliphatic carbocycles. The number of allylic oxidation sites excluding steroid dienone is 1. The lowest BCUT2D eigenvalue weighted by molar-refractivity contribution is -0.132. The van der Waals surface area contributed by atoms with E-state index in [4.69, 9.17) is 0 Å². The number of amides is 1. The van der Waals surface area contributed by atoms with Gasteiger partial charge in [0.25, 0.3) is 16.1 Å². The van der Waals surface area contributed by atoms with Crippen LogP contribution in [0.5, 0.6) is 0 Å². The van der Waals surface area contributed by atoms with Gasteiger partial charge in [-0.05, 0) is 91.3 Å². The van der Waals surface area contributed by atoms with Crippen LogP contribution >= 0.6 is 0 Å². The summed E-state index contributed by atoms with van der Waals surface area (Å²) in [5, 5.41) is 9.21. The molecule has 3 saturated heterocycles. The number of nitriles is 1. The molecule has 45 heavy (non-hydrogen) atoms. The Morgan fingerprint density at radius 3 is 2.00 bits per heavy atom. The van der Waals surface area contributed by atoms with Gasteiger partial charge in [-0.15, -0.1) is 0 Å². The summed E-state index contributed by atoms with van der Waals surface area (Å²) in [6.45, 7) is 0.330. The van der Waals surface area contributed by atoms with Crippen molar-refractivity contribution in [3.05, 3.63) is 107 Å². The second-order valence-corrected chi connectivity index (χ2v) is 14.1. The number of carbonyl (C=O) groups excluding carboxylic acids is 2. The number of rotatable bonds is 8. The minimum atomic E-state index is -3.57. The Morgan fingerprint density at radius 1 is 0.978 bits per heavy atom. The van der Waals surface area contributed by atoms with Crippen molar-refractivity contribution in [1.82, 2.24) is 28.4 Å². The van der Waals surface area contributed by atoms with Crippen molar-refractivity contribution in [2.24, 2.45) is 5.92 Å². The molecule has 5 heterocycles. The van der Waals surface area contributed by atoms with Crippen molar-refractivity contribution in [1.29, 1.82) is 5.26 Å². The molecule has 1 amide bonds. The van der Waals surface area contributed by atoms with E-state index in [1.54, 1.807) is 72.4 Å².